The number of fused-ring (bicyclic) bond motifs is 1. The van der Waals surface area contributed by atoms with Gasteiger partial charge in [0, 0.05) is 34.8 Å². The number of alkyl halides is 3. The lowest BCUT2D eigenvalue weighted by atomic mass is 9.92. The predicted octanol–water partition coefficient (Wildman–Crippen LogP) is 6.40. The molecule has 2 fully saturated rings. The molecule has 220 valence electrons. The Morgan fingerprint density at radius 1 is 0.881 bits per heavy atom. The summed E-state index contributed by atoms with van der Waals surface area (Å²) < 4.78 is 85.2. The average Bonchev–Trinajstić information content (AvgIpc) is 3.72. The van der Waals surface area contributed by atoms with Crippen molar-refractivity contribution in [2.45, 2.75) is 43.8 Å². The zero-order valence-electron chi connectivity index (χ0n) is 22.0. The van der Waals surface area contributed by atoms with Crippen LogP contribution in [0.1, 0.15) is 42.9 Å². The number of benzene rings is 2. The van der Waals surface area contributed by atoms with E-state index < -0.39 is 46.6 Å². The third kappa shape index (κ3) is 5.33. The van der Waals surface area contributed by atoms with Crippen LogP contribution in [0, 0.1) is 17.5 Å². The highest BCUT2D eigenvalue weighted by Crippen LogP contribution is 2.40. The Bertz CT molecular complexity index is 1680. The number of carbonyl (C=O) groups is 1. The van der Waals surface area contributed by atoms with Gasteiger partial charge in [0.15, 0.2) is 5.82 Å². The van der Waals surface area contributed by atoms with E-state index in [1.807, 2.05) is 10.6 Å². The van der Waals surface area contributed by atoms with Crippen LogP contribution in [0.15, 0.2) is 42.7 Å². The molecule has 42 heavy (non-hydrogen) atoms. The van der Waals surface area contributed by atoms with Crippen LogP contribution in [-0.2, 0) is 6.18 Å². The summed E-state index contributed by atoms with van der Waals surface area (Å²) in [5, 5.41) is 8.25. The normalized spacial score (nSPS) is 16.6. The number of carbonyl (C=O) groups excluding carboxylic acids is 1. The van der Waals surface area contributed by atoms with E-state index in [2.05, 4.69) is 15.0 Å². The van der Waals surface area contributed by atoms with Crippen molar-refractivity contribution in [1.29, 1.82) is 0 Å². The highest BCUT2D eigenvalue weighted by Gasteiger charge is 2.34. The number of rotatable bonds is 5. The van der Waals surface area contributed by atoms with Crippen molar-refractivity contribution >= 4 is 28.7 Å². The summed E-state index contributed by atoms with van der Waals surface area (Å²) in [5.74, 6) is -2.91. The minimum atomic E-state index is -4.78. The van der Waals surface area contributed by atoms with E-state index in [4.69, 9.17) is 5.73 Å². The Morgan fingerprint density at radius 2 is 1.57 bits per heavy atom. The number of likely N-dealkylation sites (tertiary alicyclic amines) is 1. The largest absolute Gasteiger partial charge is 0.416 e. The molecule has 1 aliphatic heterocycles. The smallest absolute Gasteiger partial charge is 0.382 e. The zero-order chi connectivity index (χ0) is 29.8. The van der Waals surface area contributed by atoms with E-state index in [0.717, 1.165) is 43.8 Å². The van der Waals surface area contributed by atoms with E-state index in [1.165, 1.54) is 19.2 Å². The number of nitrogens with two attached hydrogens (primary N) is 1. The van der Waals surface area contributed by atoms with Crippen LogP contribution < -0.4 is 16.4 Å². The van der Waals surface area contributed by atoms with Crippen LogP contribution in [-0.4, -0.2) is 44.7 Å². The maximum absolute atomic E-state index is 15.5. The van der Waals surface area contributed by atoms with Crippen LogP contribution in [0.2, 0.25) is 0 Å². The number of urea groups is 1. The molecular formula is C28H25F6N7O. The molecule has 4 aromatic rings. The molecule has 0 atom stereocenters. The van der Waals surface area contributed by atoms with Crippen molar-refractivity contribution in [3.8, 4) is 11.1 Å². The number of aromatic nitrogens is 3. The minimum absolute atomic E-state index is 0.0752. The molecule has 2 amide bonds. The fourth-order valence-electron chi connectivity index (χ4n) is 5.51. The number of nitrogens with one attached hydrogen (secondary N) is 2. The van der Waals surface area contributed by atoms with E-state index in [-0.39, 0.29) is 22.9 Å². The van der Waals surface area contributed by atoms with E-state index >= 15 is 8.78 Å². The Hall–Kier alpha value is -4.33. The highest BCUT2D eigenvalue weighted by molar-refractivity contribution is 6.00. The SMILES string of the molecule is Nc1ncnn2c(C3CCN(C4CC4)CC3)cc(-c3cc(F)c(NC(=O)Nc4cc(C(F)(F)F)ccc4F)cc3F)c12. The van der Waals surface area contributed by atoms with Gasteiger partial charge in [-0.15, -0.1) is 0 Å². The van der Waals surface area contributed by atoms with Gasteiger partial charge in [-0.05, 0) is 69.1 Å². The van der Waals surface area contributed by atoms with Crippen molar-refractivity contribution in [3.63, 3.8) is 0 Å². The monoisotopic (exact) mass is 589 g/mol. The van der Waals surface area contributed by atoms with Gasteiger partial charge >= 0.3 is 12.2 Å². The van der Waals surface area contributed by atoms with Crippen LogP contribution in [0.25, 0.3) is 16.6 Å². The topological polar surface area (TPSA) is 101 Å². The summed E-state index contributed by atoms with van der Waals surface area (Å²) in [5.41, 5.74) is 4.79. The summed E-state index contributed by atoms with van der Waals surface area (Å²) in [7, 11) is 0. The molecule has 1 aliphatic carbocycles. The fourth-order valence-corrected chi connectivity index (χ4v) is 5.51. The molecule has 0 spiro atoms. The molecule has 6 rings (SSSR count). The second-order valence-electron chi connectivity index (χ2n) is 10.5. The number of piperidine rings is 1. The summed E-state index contributed by atoms with van der Waals surface area (Å²) in [6, 6.07) is 4.15. The van der Waals surface area contributed by atoms with E-state index in [9.17, 15) is 22.4 Å². The quantitative estimate of drug-likeness (QED) is 0.234. The highest BCUT2D eigenvalue weighted by atomic mass is 19.4. The second-order valence-corrected chi connectivity index (χ2v) is 10.5. The first kappa shape index (κ1) is 27.8. The first-order chi connectivity index (χ1) is 20.0. The first-order valence-electron chi connectivity index (χ1n) is 13.3. The van der Waals surface area contributed by atoms with E-state index in [1.54, 1.807) is 10.6 Å². The molecule has 1 saturated heterocycles. The van der Waals surface area contributed by atoms with E-state index in [0.29, 0.717) is 29.8 Å². The minimum Gasteiger partial charge on any atom is -0.382 e. The predicted molar refractivity (Wildman–Crippen MR) is 143 cm³/mol. The number of hydrogen-bond acceptors (Lipinski definition) is 5. The van der Waals surface area contributed by atoms with Gasteiger partial charge in [0.2, 0.25) is 0 Å². The van der Waals surface area contributed by atoms with Crippen LogP contribution in [0.3, 0.4) is 0 Å². The Morgan fingerprint density at radius 3 is 2.24 bits per heavy atom. The third-order valence-electron chi connectivity index (χ3n) is 7.76. The zero-order valence-corrected chi connectivity index (χ0v) is 22.0. The lowest BCUT2D eigenvalue weighted by Crippen LogP contribution is -2.34. The van der Waals surface area contributed by atoms with Gasteiger partial charge in [0.05, 0.1) is 16.9 Å². The Kier molecular flexibility index (Phi) is 6.95. The van der Waals surface area contributed by atoms with Crippen LogP contribution >= 0.6 is 0 Å². The number of halogens is 6. The molecule has 8 nitrogen and oxygen atoms in total. The molecule has 0 radical (unpaired) electrons. The standard InChI is InChI=1S/C28H25F6N7O/c29-19-4-1-15(28(32,33)34)9-22(19)38-27(42)39-23-12-20(30)17(10-21(23)31)18-11-24(41-25(18)26(35)36-13-37-41)14-5-7-40(8-6-14)16-2-3-16/h1,4,9-14,16H,2-3,5-8H2,(H2,35,36,37)(H2,38,39,42). The summed E-state index contributed by atoms with van der Waals surface area (Å²) in [6.07, 6.45) is 0.681. The maximum Gasteiger partial charge on any atom is 0.416 e. The number of anilines is 3. The first-order valence-corrected chi connectivity index (χ1v) is 13.3. The van der Waals surface area contributed by atoms with Crippen molar-refractivity contribution in [3.05, 3.63) is 71.4 Å². The average molecular weight is 590 g/mol. The third-order valence-corrected chi connectivity index (χ3v) is 7.76. The molecule has 3 heterocycles. The van der Waals surface area contributed by atoms with Crippen molar-refractivity contribution in [1.82, 2.24) is 19.5 Å². The van der Waals surface area contributed by atoms with Gasteiger partial charge in [0.1, 0.15) is 29.3 Å². The van der Waals surface area contributed by atoms with Gasteiger partial charge in [-0.25, -0.2) is 27.5 Å². The van der Waals surface area contributed by atoms with Gasteiger partial charge in [0.25, 0.3) is 0 Å². The molecule has 2 aromatic heterocycles. The Balaban J connectivity index is 1.27. The molecule has 0 bridgehead atoms. The van der Waals surface area contributed by atoms with Crippen LogP contribution in [0.5, 0.6) is 0 Å². The maximum atomic E-state index is 15.5. The number of hydrogen-bond donors (Lipinski definition) is 3. The van der Waals surface area contributed by atoms with Gasteiger partial charge in [-0.2, -0.15) is 18.3 Å². The summed E-state index contributed by atoms with van der Waals surface area (Å²) in [6.45, 7) is 1.85. The fraction of sp³-hybridized carbons (Fsp3) is 0.321. The molecule has 2 aromatic carbocycles. The molecule has 1 saturated carbocycles. The summed E-state index contributed by atoms with van der Waals surface area (Å²) in [4.78, 5) is 18.9. The van der Waals surface area contributed by atoms with Gasteiger partial charge in [-0.3, -0.25) is 0 Å². The lowest BCUT2D eigenvalue weighted by molar-refractivity contribution is -0.137. The molecule has 14 heteroatoms. The number of amides is 2. The molecule has 0 unspecified atom stereocenters. The second kappa shape index (κ2) is 10.5. The number of nitrogens with zero attached hydrogens (tertiary/aromatic N) is 4. The van der Waals surface area contributed by atoms with Crippen molar-refractivity contribution < 1.29 is 31.1 Å². The number of nitrogen functional groups attached to an aromatic ring is 1. The summed E-state index contributed by atoms with van der Waals surface area (Å²) >= 11 is 0. The van der Waals surface area contributed by atoms with Crippen molar-refractivity contribution in [2.24, 2.45) is 0 Å². The Labute approximate surface area is 235 Å². The molecule has 2 aliphatic rings. The molecule has 4 N–H and O–H groups in total. The van der Waals surface area contributed by atoms with Crippen LogP contribution in [0.4, 0.5) is 48.3 Å². The molecular weight excluding hydrogens is 564 g/mol. The lowest BCUT2D eigenvalue weighted by Gasteiger charge is -2.31. The van der Waals surface area contributed by atoms with Gasteiger partial charge in [-0.1, -0.05) is 0 Å². The van der Waals surface area contributed by atoms with Crippen molar-refractivity contribution in [2.75, 3.05) is 29.5 Å². The van der Waals surface area contributed by atoms with Gasteiger partial charge < -0.3 is 21.3 Å².